The quantitative estimate of drug-likeness (QED) is 0.184. The van der Waals surface area contributed by atoms with Crippen molar-refractivity contribution in [3.05, 3.63) is 176 Å². The molecule has 0 aliphatic rings. The molecular formula is C45H29N3O. The lowest BCUT2D eigenvalue weighted by atomic mass is 9.93. The minimum absolute atomic E-state index is 0.674. The highest BCUT2D eigenvalue weighted by molar-refractivity contribution is 6.09. The largest absolute Gasteiger partial charge is 0.455 e. The van der Waals surface area contributed by atoms with E-state index in [4.69, 9.17) is 14.4 Å². The van der Waals surface area contributed by atoms with Crippen LogP contribution < -0.4 is 0 Å². The molecule has 230 valence electrons. The first-order chi connectivity index (χ1) is 24.3. The first-order valence-electron chi connectivity index (χ1n) is 16.3. The third-order valence-corrected chi connectivity index (χ3v) is 8.95. The zero-order valence-electron chi connectivity index (χ0n) is 26.5. The summed E-state index contributed by atoms with van der Waals surface area (Å²) in [6.45, 7) is 0. The van der Waals surface area contributed by atoms with Crippen LogP contribution in [-0.2, 0) is 0 Å². The number of benzene rings is 6. The van der Waals surface area contributed by atoms with Gasteiger partial charge < -0.3 is 4.42 Å². The number of aromatic nitrogens is 3. The number of fused-ring (bicyclic) bond motifs is 3. The fourth-order valence-corrected chi connectivity index (χ4v) is 6.51. The summed E-state index contributed by atoms with van der Waals surface area (Å²) >= 11 is 0. The van der Waals surface area contributed by atoms with Crippen LogP contribution in [0.5, 0.6) is 0 Å². The molecule has 9 aromatic rings. The topological polar surface area (TPSA) is 51.8 Å². The van der Waals surface area contributed by atoms with Crippen LogP contribution in [0.25, 0.3) is 89.4 Å². The normalized spacial score (nSPS) is 11.3. The molecule has 0 N–H and O–H groups in total. The number of furan rings is 1. The van der Waals surface area contributed by atoms with Gasteiger partial charge in [0.2, 0.25) is 0 Å². The highest BCUT2D eigenvalue weighted by Crippen LogP contribution is 2.39. The molecular weight excluding hydrogens is 599 g/mol. The SMILES string of the molecule is c1ccc(-c2cc(-c3cc(-c4ccc(-c5ccccn5)cc4)nc(-c4ccccc4)n3)cc(-c3cccc4c3oc3ccccc34)c2)cc1. The predicted octanol–water partition coefficient (Wildman–Crippen LogP) is 11.8. The van der Waals surface area contributed by atoms with Crippen molar-refractivity contribution < 1.29 is 4.42 Å². The van der Waals surface area contributed by atoms with Gasteiger partial charge in [-0.25, -0.2) is 9.97 Å². The second kappa shape index (κ2) is 12.2. The molecule has 3 aromatic heterocycles. The molecule has 0 amide bonds. The van der Waals surface area contributed by atoms with Crippen molar-refractivity contribution in [3.63, 3.8) is 0 Å². The smallest absolute Gasteiger partial charge is 0.160 e. The maximum atomic E-state index is 6.49. The molecule has 0 saturated carbocycles. The number of rotatable bonds is 6. The van der Waals surface area contributed by atoms with Gasteiger partial charge >= 0.3 is 0 Å². The van der Waals surface area contributed by atoms with Gasteiger partial charge in [-0.3, -0.25) is 4.98 Å². The van der Waals surface area contributed by atoms with Gasteiger partial charge in [0.25, 0.3) is 0 Å². The van der Waals surface area contributed by atoms with Crippen molar-refractivity contribution in [2.45, 2.75) is 0 Å². The molecule has 0 aliphatic heterocycles. The molecule has 0 saturated heterocycles. The molecule has 49 heavy (non-hydrogen) atoms. The van der Waals surface area contributed by atoms with E-state index in [9.17, 15) is 0 Å². The summed E-state index contributed by atoms with van der Waals surface area (Å²) in [5, 5.41) is 2.21. The van der Waals surface area contributed by atoms with Crippen LogP contribution in [0.15, 0.2) is 180 Å². The maximum Gasteiger partial charge on any atom is 0.160 e. The Labute approximate surface area is 284 Å². The fourth-order valence-electron chi connectivity index (χ4n) is 6.51. The summed E-state index contributed by atoms with van der Waals surface area (Å²) in [4.78, 5) is 14.8. The number of hydrogen-bond donors (Lipinski definition) is 0. The van der Waals surface area contributed by atoms with E-state index in [0.717, 1.165) is 83.5 Å². The van der Waals surface area contributed by atoms with E-state index >= 15 is 0 Å². The van der Waals surface area contributed by atoms with Gasteiger partial charge in [0.05, 0.1) is 17.1 Å². The third kappa shape index (κ3) is 5.45. The zero-order chi connectivity index (χ0) is 32.6. The first kappa shape index (κ1) is 28.6. The van der Waals surface area contributed by atoms with Crippen LogP contribution in [0.3, 0.4) is 0 Å². The van der Waals surface area contributed by atoms with Crippen molar-refractivity contribution >= 4 is 21.9 Å². The average molecular weight is 628 g/mol. The lowest BCUT2D eigenvalue weighted by molar-refractivity contribution is 0.670. The molecule has 0 atom stereocenters. The number of nitrogens with zero attached hydrogens (tertiary/aromatic N) is 3. The van der Waals surface area contributed by atoms with Crippen molar-refractivity contribution in [2.75, 3.05) is 0 Å². The number of pyridine rings is 1. The predicted molar refractivity (Wildman–Crippen MR) is 200 cm³/mol. The van der Waals surface area contributed by atoms with Crippen LogP contribution >= 0.6 is 0 Å². The Kier molecular flexibility index (Phi) is 7.10. The highest BCUT2D eigenvalue weighted by atomic mass is 16.3. The minimum Gasteiger partial charge on any atom is -0.455 e. The van der Waals surface area contributed by atoms with Crippen molar-refractivity contribution in [2.24, 2.45) is 0 Å². The Balaban J connectivity index is 1.24. The monoisotopic (exact) mass is 627 g/mol. The second-order valence-electron chi connectivity index (χ2n) is 12.1. The van der Waals surface area contributed by atoms with Gasteiger partial charge in [0, 0.05) is 44.8 Å². The van der Waals surface area contributed by atoms with Crippen molar-refractivity contribution in [3.8, 4) is 67.4 Å². The zero-order valence-corrected chi connectivity index (χ0v) is 26.5. The minimum atomic E-state index is 0.674. The molecule has 4 nitrogen and oxygen atoms in total. The van der Waals surface area contributed by atoms with Gasteiger partial charge in [-0.2, -0.15) is 0 Å². The van der Waals surface area contributed by atoms with Crippen LogP contribution in [0.2, 0.25) is 0 Å². The number of para-hydroxylation sites is 2. The molecule has 9 rings (SSSR count). The van der Waals surface area contributed by atoms with Crippen LogP contribution in [0.1, 0.15) is 0 Å². The van der Waals surface area contributed by atoms with E-state index in [2.05, 4.69) is 120 Å². The van der Waals surface area contributed by atoms with Gasteiger partial charge in [-0.1, -0.05) is 127 Å². The third-order valence-electron chi connectivity index (χ3n) is 8.95. The molecule has 0 fully saturated rings. The average Bonchev–Trinajstić information content (AvgIpc) is 3.58. The Hall–Kier alpha value is -6.65. The van der Waals surface area contributed by atoms with E-state index in [1.807, 2.05) is 60.8 Å². The maximum absolute atomic E-state index is 6.49. The summed E-state index contributed by atoms with van der Waals surface area (Å²) in [5.41, 5.74) is 12.7. The Bertz CT molecular complexity index is 2580. The lowest BCUT2D eigenvalue weighted by Crippen LogP contribution is -1.96. The fraction of sp³-hybridized carbons (Fsp3) is 0. The Morgan fingerprint density at radius 2 is 0.980 bits per heavy atom. The molecule has 0 bridgehead atoms. The number of hydrogen-bond acceptors (Lipinski definition) is 4. The standard InChI is InChI=1S/C45H29N3O/c1-3-12-30(13-4-1)34-26-35(37-17-11-18-39-38-16-7-8-20-43(38)49-44(37)39)28-36(27-34)42-29-41(47-45(48-42)33-14-5-2-6-15-33)32-23-21-31(22-24-32)40-19-9-10-25-46-40/h1-29H. The molecule has 0 spiro atoms. The van der Waals surface area contributed by atoms with Gasteiger partial charge in [0.15, 0.2) is 5.82 Å². The summed E-state index contributed by atoms with van der Waals surface area (Å²) in [6.07, 6.45) is 1.82. The Morgan fingerprint density at radius 3 is 1.73 bits per heavy atom. The van der Waals surface area contributed by atoms with E-state index in [-0.39, 0.29) is 0 Å². The summed E-state index contributed by atoms with van der Waals surface area (Å²) < 4.78 is 6.49. The molecule has 0 aliphatic carbocycles. The molecule has 0 radical (unpaired) electrons. The summed E-state index contributed by atoms with van der Waals surface area (Å²) in [5.74, 6) is 0.674. The summed E-state index contributed by atoms with van der Waals surface area (Å²) in [7, 11) is 0. The van der Waals surface area contributed by atoms with Gasteiger partial charge in [-0.05, 0) is 59.2 Å². The van der Waals surface area contributed by atoms with Crippen molar-refractivity contribution in [1.82, 2.24) is 15.0 Å². The highest BCUT2D eigenvalue weighted by Gasteiger charge is 2.17. The van der Waals surface area contributed by atoms with Gasteiger partial charge in [-0.15, -0.1) is 0 Å². The van der Waals surface area contributed by atoms with E-state index < -0.39 is 0 Å². The lowest BCUT2D eigenvalue weighted by Gasteiger charge is -2.13. The van der Waals surface area contributed by atoms with Crippen LogP contribution in [0, 0.1) is 0 Å². The molecule has 0 unspecified atom stereocenters. The van der Waals surface area contributed by atoms with E-state index in [1.54, 1.807) is 0 Å². The van der Waals surface area contributed by atoms with Gasteiger partial charge in [0.1, 0.15) is 11.2 Å². The molecule has 6 aromatic carbocycles. The van der Waals surface area contributed by atoms with Crippen LogP contribution in [0.4, 0.5) is 0 Å². The van der Waals surface area contributed by atoms with E-state index in [0.29, 0.717) is 5.82 Å². The van der Waals surface area contributed by atoms with Crippen LogP contribution in [-0.4, -0.2) is 15.0 Å². The van der Waals surface area contributed by atoms with E-state index in [1.165, 1.54) is 0 Å². The van der Waals surface area contributed by atoms with Crippen molar-refractivity contribution in [1.29, 1.82) is 0 Å². The first-order valence-corrected chi connectivity index (χ1v) is 16.3. The molecule has 3 heterocycles. The summed E-state index contributed by atoms with van der Waals surface area (Å²) in [6, 6.07) is 58.4. The Morgan fingerprint density at radius 1 is 0.367 bits per heavy atom. The second-order valence-corrected chi connectivity index (χ2v) is 12.1. The molecule has 4 heteroatoms.